The maximum atomic E-state index is 12.4. The minimum Gasteiger partial charge on any atom is -0.468 e. The van der Waals surface area contributed by atoms with Gasteiger partial charge < -0.3 is 10.1 Å². The molecule has 0 aliphatic rings. The molecule has 0 fully saturated rings. The molecular formula is C17H15Br2NO3. The number of carbonyl (C=O) groups is 2. The third kappa shape index (κ3) is 4.42. The molecular weight excluding hydrogens is 426 g/mol. The van der Waals surface area contributed by atoms with E-state index in [2.05, 4.69) is 41.9 Å². The van der Waals surface area contributed by atoms with Gasteiger partial charge in [0.1, 0.15) is 6.54 Å². The Labute approximate surface area is 151 Å². The van der Waals surface area contributed by atoms with E-state index in [0.29, 0.717) is 5.56 Å². The number of esters is 1. The molecule has 6 heteroatoms. The summed E-state index contributed by atoms with van der Waals surface area (Å²) in [5.74, 6) is -0.816. The average molecular weight is 441 g/mol. The van der Waals surface area contributed by atoms with Crippen LogP contribution < -0.4 is 5.32 Å². The molecule has 2 aromatic carbocycles. The number of halogens is 2. The molecule has 0 aliphatic carbocycles. The summed E-state index contributed by atoms with van der Waals surface area (Å²) in [7, 11) is 1.28. The Kier molecular flexibility index (Phi) is 5.96. The van der Waals surface area contributed by atoms with Gasteiger partial charge in [-0.25, -0.2) is 0 Å². The topological polar surface area (TPSA) is 55.4 Å². The Hall–Kier alpha value is -1.66. The lowest BCUT2D eigenvalue weighted by Crippen LogP contribution is -2.30. The number of hydrogen-bond acceptors (Lipinski definition) is 3. The number of ether oxygens (including phenoxy) is 1. The van der Waals surface area contributed by atoms with E-state index in [1.54, 1.807) is 6.07 Å². The predicted octanol–water partition coefficient (Wildman–Crippen LogP) is 4.09. The summed E-state index contributed by atoms with van der Waals surface area (Å²) in [5, 5.41) is 2.57. The monoisotopic (exact) mass is 439 g/mol. The fraction of sp³-hybridized carbons (Fsp3) is 0.176. The van der Waals surface area contributed by atoms with Crippen molar-refractivity contribution in [1.29, 1.82) is 0 Å². The predicted molar refractivity (Wildman–Crippen MR) is 96.4 cm³/mol. The van der Waals surface area contributed by atoms with Crippen LogP contribution in [0.25, 0.3) is 11.1 Å². The van der Waals surface area contributed by atoms with Crippen molar-refractivity contribution < 1.29 is 14.3 Å². The molecule has 4 nitrogen and oxygen atoms in total. The molecule has 0 aliphatic heterocycles. The zero-order chi connectivity index (χ0) is 17.0. The summed E-state index contributed by atoms with van der Waals surface area (Å²) in [6.07, 6.45) is 0. The first kappa shape index (κ1) is 17.7. The van der Waals surface area contributed by atoms with E-state index in [1.165, 1.54) is 7.11 Å². The van der Waals surface area contributed by atoms with Crippen LogP contribution in [0.2, 0.25) is 0 Å². The van der Waals surface area contributed by atoms with Crippen molar-refractivity contribution in [2.45, 2.75) is 6.92 Å². The lowest BCUT2D eigenvalue weighted by atomic mass is 9.97. The van der Waals surface area contributed by atoms with E-state index < -0.39 is 5.97 Å². The van der Waals surface area contributed by atoms with Crippen LogP contribution in [-0.2, 0) is 9.53 Å². The van der Waals surface area contributed by atoms with Crippen LogP contribution in [0.3, 0.4) is 0 Å². The lowest BCUT2D eigenvalue weighted by Gasteiger charge is -2.13. The molecule has 2 rings (SSSR count). The van der Waals surface area contributed by atoms with Crippen molar-refractivity contribution in [1.82, 2.24) is 5.32 Å². The molecule has 2 aromatic rings. The third-order valence-corrected chi connectivity index (χ3v) is 4.70. The van der Waals surface area contributed by atoms with E-state index in [0.717, 1.165) is 25.6 Å². The number of methoxy groups -OCH3 is 1. The summed E-state index contributed by atoms with van der Waals surface area (Å²) in [6.45, 7) is 1.79. The maximum Gasteiger partial charge on any atom is 0.325 e. The largest absolute Gasteiger partial charge is 0.468 e. The van der Waals surface area contributed by atoms with Gasteiger partial charge in [-0.2, -0.15) is 0 Å². The van der Waals surface area contributed by atoms with Crippen LogP contribution in [0, 0.1) is 6.92 Å². The highest BCUT2D eigenvalue weighted by Gasteiger charge is 2.16. The van der Waals surface area contributed by atoms with Crippen molar-refractivity contribution in [3.8, 4) is 11.1 Å². The molecule has 0 saturated carbocycles. The smallest absolute Gasteiger partial charge is 0.325 e. The van der Waals surface area contributed by atoms with E-state index in [-0.39, 0.29) is 12.5 Å². The quantitative estimate of drug-likeness (QED) is 0.728. The zero-order valence-corrected chi connectivity index (χ0v) is 15.8. The highest BCUT2D eigenvalue weighted by molar-refractivity contribution is 9.10. The molecule has 0 heterocycles. The zero-order valence-electron chi connectivity index (χ0n) is 12.7. The Bertz CT molecular complexity index is 742. The first-order valence-corrected chi connectivity index (χ1v) is 8.42. The van der Waals surface area contributed by atoms with Gasteiger partial charge in [-0.15, -0.1) is 0 Å². The van der Waals surface area contributed by atoms with Crippen molar-refractivity contribution in [2.24, 2.45) is 0 Å². The van der Waals surface area contributed by atoms with Gasteiger partial charge in [-0.05, 0) is 47.9 Å². The second-order valence-electron chi connectivity index (χ2n) is 4.91. The lowest BCUT2D eigenvalue weighted by molar-refractivity contribution is -0.139. The number of aryl methyl sites for hydroxylation is 1. The van der Waals surface area contributed by atoms with E-state index in [4.69, 9.17) is 0 Å². The second-order valence-corrected chi connectivity index (χ2v) is 6.68. The van der Waals surface area contributed by atoms with Gasteiger partial charge in [0.2, 0.25) is 0 Å². The molecule has 0 spiro atoms. The van der Waals surface area contributed by atoms with Gasteiger partial charge in [0.05, 0.1) is 7.11 Å². The van der Waals surface area contributed by atoms with E-state index >= 15 is 0 Å². The Morgan fingerprint density at radius 1 is 1.13 bits per heavy atom. The molecule has 120 valence electrons. The Balaban J connectivity index is 2.41. The molecule has 1 N–H and O–H groups in total. The van der Waals surface area contributed by atoms with Gasteiger partial charge in [-0.3, -0.25) is 9.59 Å². The van der Waals surface area contributed by atoms with Crippen molar-refractivity contribution >= 4 is 43.7 Å². The van der Waals surface area contributed by atoms with Crippen molar-refractivity contribution in [2.75, 3.05) is 13.7 Å². The summed E-state index contributed by atoms with van der Waals surface area (Å²) in [6, 6.07) is 11.4. The molecule has 0 aromatic heterocycles. The Morgan fingerprint density at radius 2 is 1.78 bits per heavy atom. The summed E-state index contributed by atoms with van der Waals surface area (Å²) < 4.78 is 6.34. The number of benzene rings is 2. The SMILES string of the molecule is COC(=O)CNC(=O)c1cc(Br)c(C)cc1-c1ccc(Br)cc1. The van der Waals surface area contributed by atoms with Gasteiger partial charge in [0, 0.05) is 14.5 Å². The van der Waals surface area contributed by atoms with Crippen molar-refractivity contribution in [3.05, 3.63) is 56.5 Å². The fourth-order valence-electron chi connectivity index (χ4n) is 2.06. The first-order chi connectivity index (χ1) is 10.9. The van der Waals surface area contributed by atoms with E-state index in [9.17, 15) is 9.59 Å². The highest BCUT2D eigenvalue weighted by atomic mass is 79.9. The number of hydrogen-bond donors (Lipinski definition) is 1. The average Bonchev–Trinajstić information content (AvgIpc) is 2.55. The number of amides is 1. The minimum atomic E-state index is -0.491. The van der Waals surface area contributed by atoms with Gasteiger partial charge in [0.25, 0.3) is 5.91 Å². The van der Waals surface area contributed by atoms with Crippen LogP contribution in [0.4, 0.5) is 0 Å². The molecule has 0 radical (unpaired) electrons. The van der Waals surface area contributed by atoms with Gasteiger partial charge in [0.15, 0.2) is 0 Å². The van der Waals surface area contributed by atoms with Crippen LogP contribution in [0.5, 0.6) is 0 Å². The van der Waals surface area contributed by atoms with Crippen LogP contribution in [-0.4, -0.2) is 25.5 Å². The first-order valence-electron chi connectivity index (χ1n) is 6.83. The normalized spacial score (nSPS) is 10.3. The van der Waals surface area contributed by atoms with Crippen molar-refractivity contribution in [3.63, 3.8) is 0 Å². The Morgan fingerprint density at radius 3 is 2.39 bits per heavy atom. The number of nitrogens with one attached hydrogen (secondary N) is 1. The molecule has 0 bridgehead atoms. The molecule has 0 saturated heterocycles. The summed E-state index contributed by atoms with van der Waals surface area (Å²) in [4.78, 5) is 23.7. The van der Waals surface area contributed by atoms with Crippen LogP contribution in [0.15, 0.2) is 45.3 Å². The molecule has 0 atom stereocenters. The van der Waals surface area contributed by atoms with Gasteiger partial charge >= 0.3 is 5.97 Å². The maximum absolute atomic E-state index is 12.4. The molecule has 1 amide bonds. The second kappa shape index (κ2) is 7.75. The molecule has 0 unspecified atom stereocenters. The van der Waals surface area contributed by atoms with Crippen LogP contribution in [0.1, 0.15) is 15.9 Å². The summed E-state index contributed by atoms with van der Waals surface area (Å²) in [5.41, 5.74) is 3.24. The highest BCUT2D eigenvalue weighted by Crippen LogP contribution is 2.30. The standard InChI is InChI=1S/C17H15Br2NO3/c1-10-7-13(11-3-5-12(18)6-4-11)14(8-15(10)19)17(22)20-9-16(21)23-2/h3-8H,9H2,1-2H3,(H,20,22). The van der Waals surface area contributed by atoms with E-state index in [1.807, 2.05) is 37.3 Å². The third-order valence-electron chi connectivity index (χ3n) is 3.32. The molecule has 23 heavy (non-hydrogen) atoms. The van der Waals surface area contributed by atoms with Gasteiger partial charge in [-0.1, -0.05) is 44.0 Å². The summed E-state index contributed by atoms with van der Waals surface area (Å²) >= 11 is 6.85. The minimum absolute atomic E-state index is 0.166. The van der Waals surface area contributed by atoms with Crippen LogP contribution >= 0.6 is 31.9 Å². The fourth-order valence-corrected chi connectivity index (χ4v) is 2.67. The number of carbonyl (C=O) groups excluding carboxylic acids is 2. The number of rotatable bonds is 4.